The molecule has 0 aliphatic heterocycles. The molecule has 0 saturated heterocycles. The highest BCUT2D eigenvalue weighted by atomic mass is 32.2. The van der Waals surface area contributed by atoms with Crippen molar-refractivity contribution in [2.75, 3.05) is 5.75 Å². The second-order valence-corrected chi connectivity index (χ2v) is 11.6. The van der Waals surface area contributed by atoms with E-state index in [9.17, 15) is 4.79 Å². The van der Waals surface area contributed by atoms with Crippen LogP contribution in [0.5, 0.6) is 0 Å². The number of hydrogen-bond acceptors (Lipinski definition) is 4. The molecule has 4 aliphatic rings. The molecule has 0 unspecified atom stereocenters. The van der Waals surface area contributed by atoms with Gasteiger partial charge in [0.25, 0.3) is 0 Å². The topological polar surface area (TPSA) is 47.8 Å². The monoisotopic (exact) mass is 457 g/mol. The van der Waals surface area contributed by atoms with E-state index in [1.165, 1.54) is 30.4 Å². The maximum atomic E-state index is 13.6. The zero-order valence-corrected chi connectivity index (χ0v) is 20.3. The van der Waals surface area contributed by atoms with E-state index in [-0.39, 0.29) is 5.41 Å². The van der Waals surface area contributed by atoms with Crippen LogP contribution in [0.2, 0.25) is 0 Å². The zero-order valence-electron chi connectivity index (χ0n) is 19.5. The molecule has 0 spiro atoms. The summed E-state index contributed by atoms with van der Waals surface area (Å²) in [4.78, 5) is 13.6. The van der Waals surface area contributed by atoms with Crippen molar-refractivity contribution in [2.45, 2.75) is 57.5 Å². The van der Waals surface area contributed by atoms with Crippen molar-refractivity contribution in [1.29, 1.82) is 0 Å². The van der Waals surface area contributed by atoms with E-state index >= 15 is 0 Å². The predicted octanol–water partition coefficient (Wildman–Crippen LogP) is 6.43. The maximum Gasteiger partial charge on any atom is 0.196 e. The number of aromatic nitrogens is 3. The van der Waals surface area contributed by atoms with E-state index in [1.54, 1.807) is 11.8 Å². The first kappa shape index (κ1) is 21.2. The van der Waals surface area contributed by atoms with Crippen LogP contribution in [0.4, 0.5) is 0 Å². The van der Waals surface area contributed by atoms with Gasteiger partial charge < -0.3 is 0 Å². The van der Waals surface area contributed by atoms with Crippen molar-refractivity contribution >= 4 is 17.5 Å². The van der Waals surface area contributed by atoms with Gasteiger partial charge in [0, 0.05) is 11.0 Å². The number of Topliss-reactive ketones (excluding diaryl/α,β-unsaturated/α-hetero) is 1. The van der Waals surface area contributed by atoms with E-state index in [2.05, 4.69) is 58.9 Å². The fourth-order valence-corrected chi connectivity index (χ4v) is 7.96. The highest BCUT2D eigenvalue weighted by molar-refractivity contribution is 7.99. The van der Waals surface area contributed by atoms with Gasteiger partial charge in [0.1, 0.15) is 5.78 Å². The first-order chi connectivity index (χ1) is 16.0. The summed E-state index contributed by atoms with van der Waals surface area (Å²) in [7, 11) is 0. The zero-order chi connectivity index (χ0) is 22.6. The molecule has 0 amide bonds. The third-order valence-corrected chi connectivity index (χ3v) is 9.31. The molecule has 33 heavy (non-hydrogen) atoms. The van der Waals surface area contributed by atoms with Crippen molar-refractivity contribution in [3.05, 3.63) is 59.7 Å². The molecule has 0 N–H and O–H groups in total. The van der Waals surface area contributed by atoms with Gasteiger partial charge in [0.05, 0.1) is 11.4 Å². The van der Waals surface area contributed by atoms with Crippen molar-refractivity contribution < 1.29 is 4.79 Å². The molecule has 4 aliphatic carbocycles. The summed E-state index contributed by atoms with van der Waals surface area (Å²) in [6.45, 7) is 4.26. The fraction of sp³-hybridized carbons (Fsp3) is 0.464. The number of thioether (sulfide) groups is 1. The largest absolute Gasteiger partial charge is 0.298 e. The van der Waals surface area contributed by atoms with Crippen LogP contribution < -0.4 is 0 Å². The Morgan fingerprint density at radius 1 is 0.939 bits per heavy atom. The van der Waals surface area contributed by atoms with Gasteiger partial charge in [0.2, 0.25) is 0 Å². The van der Waals surface area contributed by atoms with E-state index < -0.39 is 0 Å². The van der Waals surface area contributed by atoms with Crippen LogP contribution in [0.25, 0.3) is 17.1 Å². The molecule has 4 saturated carbocycles. The minimum absolute atomic E-state index is 0.0602. The molecular weight excluding hydrogens is 426 g/mol. The fourth-order valence-electron chi connectivity index (χ4n) is 6.97. The van der Waals surface area contributed by atoms with Gasteiger partial charge in [-0.1, -0.05) is 48.2 Å². The molecule has 4 nitrogen and oxygen atoms in total. The van der Waals surface area contributed by atoms with Crippen molar-refractivity contribution in [1.82, 2.24) is 14.8 Å². The Kier molecular flexibility index (Phi) is 5.21. The van der Waals surface area contributed by atoms with Crippen LogP contribution in [0.3, 0.4) is 0 Å². The number of nitrogens with zero attached hydrogens (tertiary/aromatic N) is 3. The minimum Gasteiger partial charge on any atom is -0.298 e. The number of hydrogen-bond donors (Lipinski definition) is 0. The Balaban J connectivity index is 1.31. The summed E-state index contributed by atoms with van der Waals surface area (Å²) in [6.07, 6.45) is 7.45. The number of carbonyl (C=O) groups is 1. The van der Waals surface area contributed by atoms with Crippen LogP contribution in [0, 0.1) is 37.0 Å². The summed E-state index contributed by atoms with van der Waals surface area (Å²) in [6, 6.07) is 16.7. The Bertz CT molecular complexity index is 1160. The average molecular weight is 458 g/mol. The summed E-state index contributed by atoms with van der Waals surface area (Å²) < 4.78 is 2.12. The second-order valence-electron chi connectivity index (χ2n) is 10.7. The molecule has 1 aromatic heterocycles. The molecule has 0 radical (unpaired) electrons. The molecule has 4 fully saturated rings. The Hall–Kier alpha value is -2.40. The van der Waals surface area contributed by atoms with Gasteiger partial charge >= 0.3 is 0 Å². The predicted molar refractivity (Wildman–Crippen MR) is 133 cm³/mol. The summed E-state index contributed by atoms with van der Waals surface area (Å²) in [5, 5.41) is 9.93. The Morgan fingerprint density at radius 2 is 1.61 bits per heavy atom. The van der Waals surface area contributed by atoms with Gasteiger partial charge in [-0.3, -0.25) is 9.36 Å². The Morgan fingerprint density at radius 3 is 2.24 bits per heavy atom. The lowest BCUT2D eigenvalue weighted by molar-refractivity contribution is -0.141. The molecule has 2 aromatic carbocycles. The second kappa shape index (κ2) is 8.12. The van der Waals surface area contributed by atoms with Crippen molar-refractivity contribution in [2.24, 2.45) is 23.2 Å². The summed E-state index contributed by atoms with van der Waals surface area (Å²) in [5.74, 6) is 4.12. The maximum absolute atomic E-state index is 13.6. The van der Waals surface area contributed by atoms with Crippen LogP contribution in [-0.4, -0.2) is 26.3 Å². The smallest absolute Gasteiger partial charge is 0.196 e. The van der Waals surface area contributed by atoms with E-state index in [4.69, 9.17) is 0 Å². The van der Waals surface area contributed by atoms with Gasteiger partial charge in [-0.15, -0.1) is 10.2 Å². The van der Waals surface area contributed by atoms with Gasteiger partial charge in [-0.2, -0.15) is 0 Å². The van der Waals surface area contributed by atoms with Gasteiger partial charge in [0.15, 0.2) is 11.0 Å². The minimum atomic E-state index is -0.0602. The molecule has 1 heterocycles. The van der Waals surface area contributed by atoms with Crippen LogP contribution in [0.15, 0.2) is 53.7 Å². The number of ketones is 1. The number of aryl methyl sites for hydroxylation is 2. The summed E-state index contributed by atoms with van der Waals surface area (Å²) in [5.41, 5.74) is 4.52. The van der Waals surface area contributed by atoms with Crippen LogP contribution in [0.1, 0.15) is 49.7 Å². The molecule has 4 bridgehead atoms. The first-order valence-corrected chi connectivity index (χ1v) is 13.2. The molecule has 3 aromatic rings. The first-order valence-electron chi connectivity index (χ1n) is 12.3. The highest BCUT2D eigenvalue weighted by Gasteiger charge is 2.54. The lowest BCUT2D eigenvalue weighted by Crippen LogP contribution is -2.50. The van der Waals surface area contributed by atoms with E-state index in [1.807, 2.05) is 18.2 Å². The average Bonchev–Trinajstić information content (AvgIpc) is 3.23. The third-order valence-electron chi connectivity index (χ3n) is 8.38. The standard InChI is InChI=1S/C28H31N3OS/c1-18-8-9-24(10-19(18)2)31-26(23-6-4-3-5-7-23)29-30-27(31)33-17-25(32)28-14-20-11-21(15-28)13-22(12-20)16-28/h3-10,20-22H,11-17H2,1-2H3. The van der Waals surface area contributed by atoms with E-state index in [0.29, 0.717) is 11.5 Å². The van der Waals surface area contributed by atoms with Crippen molar-refractivity contribution in [3.63, 3.8) is 0 Å². The molecular formula is C28H31N3OS. The molecule has 170 valence electrons. The number of benzene rings is 2. The highest BCUT2D eigenvalue weighted by Crippen LogP contribution is 2.60. The SMILES string of the molecule is Cc1ccc(-n2c(SCC(=O)C34CC5CC(CC(C5)C3)C4)nnc2-c2ccccc2)cc1C. The van der Waals surface area contributed by atoms with Gasteiger partial charge in [-0.25, -0.2) is 0 Å². The van der Waals surface area contributed by atoms with Crippen LogP contribution >= 0.6 is 11.8 Å². The summed E-state index contributed by atoms with van der Waals surface area (Å²) >= 11 is 1.56. The molecule has 7 rings (SSSR count). The number of rotatable bonds is 6. The molecule has 0 atom stereocenters. The van der Waals surface area contributed by atoms with Crippen molar-refractivity contribution in [3.8, 4) is 17.1 Å². The lowest BCUT2D eigenvalue weighted by Gasteiger charge is -2.56. The quantitative estimate of drug-likeness (QED) is 0.400. The number of carbonyl (C=O) groups excluding carboxylic acids is 1. The van der Waals surface area contributed by atoms with Crippen LogP contribution in [-0.2, 0) is 4.79 Å². The normalized spacial score (nSPS) is 27.8. The van der Waals surface area contributed by atoms with Gasteiger partial charge in [-0.05, 0) is 93.4 Å². The lowest BCUT2D eigenvalue weighted by atomic mass is 9.48. The molecule has 5 heteroatoms. The van der Waals surface area contributed by atoms with E-state index in [0.717, 1.165) is 59.2 Å². The Labute approximate surface area is 200 Å². The third kappa shape index (κ3) is 3.74.